The van der Waals surface area contributed by atoms with Crippen LogP contribution in [-0.2, 0) is 5.75 Å². The largest absolute Gasteiger partial charge is 0.493 e. The molecule has 29 heavy (non-hydrogen) atoms. The number of thiazole rings is 1. The van der Waals surface area contributed by atoms with Gasteiger partial charge in [0.2, 0.25) is 5.16 Å². The average molecular weight is 426 g/mol. The Labute approximate surface area is 176 Å². The third kappa shape index (κ3) is 4.41. The van der Waals surface area contributed by atoms with E-state index < -0.39 is 0 Å². The first-order valence-corrected chi connectivity index (χ1v) is 10.9. The summed E-state index contributed by atoms with van der Waals surface area (Å²) in [7, 11) is 1.64. The topological polar surface area (TPSA) is 75.0 Å². The van der Waals surface area contributed by atoms with Gasteiger partial charge >= 0.3 is 0 Å². The van der Waals surface area contributed by atoms with E-state index in [0.29, 0.717) is 18.1 Å². The summed E-state index contributed by atoms with van der Waals surface area (Å²) < 4.78 is 12.8. The van der Waals surface area contributed by atoms with Gasteiger partial charge in [0.05, 0.1) is 25.1 Å². The molecule has 0 atom stereocenters. The summed E-state index contributed by atoms with van der Waals surface area (Å²) >= 11 is 3.15. The molecule has 0 amide bonds. The van der Waals surface area contributed by atoms with Gasteiger partial charge in [0.25, 0.3) is 0 Å². The molecule has 0 unspecified atom stereocenters. The van der Waals surface area contributed by atoms with Gasteiger partial charge in [0, 0.05) is 16.7 Å². The van der Waals surface area contributed by atoms with Crippen molar-refractivity contribution in [1.82, 2.24) is 25.2 Å². The van der Waals surface area contributed by atoms with E-state index in [1.165, 1.54) is 0 Å². The Hall–Kier alpha value is -2.91. The zero-order valence-electron chi connectivity index (χ0n) is 16.0. The molecule has 0 fully saturated rings. The van der Waals surface area contributed by atoms with Gasteiger partial charge in [-0.3, -0.25) is 0 Å². The molecule has 148 valence electrons. The maximum Gasteiger partial charge on any atom is 0.214 e. The summed E-state index contributed by atoms with van der Waals surface area (Å²) in [6.07, 6.45) is 0. The Morgan fingerprint density at radius 3 is 2.76 bits per heavy atom. The van der Waals surface area contributed by atoms with Crippen molar-refractivity contribution in [2.75, 3.05) is 13.7 Å². The molecule has 0 bridgehead atoms. The summed E-state index contributed by atoms with van der Waals surface area (Å²) in [5.74, 6) is 2.12. The van der Waals surface area contributed by atoms with E-state index in [1.54, 1.807) is 34.9 Å². The molecule has 7 nitrogen and oxygen atoms in total. The van der Waals surface area contributed by atoms with Crippen LogP contribution in [0.25, 0.3) is 16.3 Å². The second-order valence-electron chi connectivity index (χ2n) is 5.94. The van der Waals surface area contributed by atoms with Crippen LogP contribution < -0.4 is 9.47 Å². The number of hydrogen-bond acceptors (Lipinski definition) is 8. The lowest BCUT2D eigenvalue weighted by molar-refractivity contribution is 0.311. The molecule has 0 saturated carbocycles. The van der Waals surface area contributed by atoms with Gasteiger partial charge in [-0.2, -0.15) is 4.68 Å². The first-order valence-electron chi connectivity index (χ1n) is 9.00. The van der Waals surface area contributed by atoms with E-state index in [1.807, 2.05) is 55.5 Å². The fourth-order valence-electron chi connectivity index (χ4n) is 2.72. The molecule has 2 aromatic carbocycles. The molecule has 0 spiro atoms. The molecular weight excluding hydrogens is 406 g/mol. The lowest BCUT2D eigenvalue weighted by atomic mass is 10.2. The van der Waals surface area contributed by atoms with Crippen LogP contribution in [0.2, 0.25) is 0 Å². The molecule has 2 heterocycles. The number of benzene rings is 2. The van der Waals surface area contributed by atoms with Crippen LogP contribution in [0.15, 0.2) is 59.1 Å². The molecule has 0 saturated heterocycles. The Morgan fingerprint density at radius 1 is 1.10 bits per heavy atom. The summed E-state index contributed by atoms with van der Waals surface area (Å²) in [5.41, 5.74) is 2.91. The van der Waals surface area contributed by atoms with Gasteiger partial charge in [-0.05, 0) is 47.7 Å². The van der Waals surface area contributed by atoms with Crippen molar-refractivity contribution >= 4 is 23.1 Å². The minimum Gasteiger partial charge on any atom is -0.493 e. The Kier molecular flexibility index (Phi) is 6.06. The van der Waals surface area contributed by atoms with Crippen LogP contribution in [0.1, 0.15) is 12.6 Å². The first kappa shape index (κ1) is 19.4. The third-order valence-corrected chi connectivity index (χ3v) is 5.95. The zero-order valence-corrected chi connectivity index (χ0v) is 17.6. The van der Waals surface area contributed by atoms with E-state index in [4.69, 9.17) is 14.5 Å². The summed E-state index contributed by atoms with van der Waals surface area (Å²) in [4.78, 5) is 4.76. The van der Waals surface area contributed by atoms with Crippen molar-refractivity contribution < 1.29 is 9.47 Å². The van der Waals surface area contributed by atoms with E-state index in [9.17, 15) is 0 Å². The Balaban J connectivity index is 1.48. The van der Waals surface area contributed by atoms with Crippen LogP contribution >= 0.6 is 23.1 Å². The van der Waals surface area contributed by atoms with Gasteiger partial charge in [-0.1, -0.05) is 30.0 Å². The van der Waals surface area contributed by atoms with Crippen molar-refractivity contribution in [1.29, 1.82) is 0 Å². The number of thioether (sulfide) groups is 1. The van der Waals surface area contributed by atoms with Crippen molar-refractivity contribution in [3.05, 3.63) is 59.6 Å². The van der Waals surface area contributed by atoms with Crippen LogP contribution in [0.5, 0.6) is 11.5 Å². The average Bonchev–Trinajstić information content (AvgIpc) is 3.43. The van der Waals surface area contributed by atoms with Crippen molar-refractivity contribution in [2.24, 2.45) is 0 Å². The van der Waals surface area contributed by atoms with E-state index in [-0.39, 0.29) is 0 Å². The second kappa shape index (κ2) is 9.06. The van der Waals surface area contributed by atoms with Crippen LogP contribution in [0.4, 0.5) is 0 Å². The fraction of sp³-hybridized carbons (Fsp3) is 0.200. The van der Waals surface area contributed by atoms with Gasteiger partial charge in [-0.15, -0.1) is 16.4 Å². The first-order chi connectivity index (χ1) is 14.3. The summed E-state index contributed by atoms with van der Waals surface area (Å²) in [6, 6.07) is 15.7. The number of ether oxygens (including phenoxy) is 2. The van der Waals surface area contributed by atoms with Crippen molar-refractivity contribution in [3.63, 3.8) is 0 Å². The van der Waals surface area contributed by atoms with Gasteiger partial charge in [0.1, 0.15) is 5.01 Å². The molecule has 4 aromatic rings. The van der Waals surface area contributed by atoms with E-state index in [2.05, 4.69) is 20.9 Å². The van der Waals surface area contributed by atoms with Crippen LogP contribution in [-0.4, -0.2) is 38.9 Å². The lowest BCUT2D eigenvalue weighted by Crippen LogP contribution is -1.98. The number of rotatable bonds is 8. The maximum atomic E-state index is 5.59. The number of tetrazole rings is 1. The number of hydrogen-bond donors (Lipinski definition) is 0. The normalized spacial score (nSPS) is 10.8. The van der Waals surface area contributed by atoms with Gasteiger partial charge in [-0.25, -0.2) is 4.98 Å². The molecule has 4 rings (SSSR count). The fourth-order valence-corrected chi connectivity index (χ4v) is 4.43. The third-order valence-electron chi connectivity index (χ3n) is 4.05. The van der Waals surface area contributed by atoms with Crippen molar-refractivity contribution in [2.45, 2.75) is 17.8 Å². The monoisotopic (exact) mass is 425 g/mol. The Morgan fingerprint density at radius 2 is 1.97 bits per heavy atom. The molecule has 0 aliphatic carbocycles. The highest BCUT2D eigenvalue weighted by atomic mass is 32.2. The SMILES string of the molecule is CCOc1ccc(-c2nc(CSc3nnnn3-c3ccccc3)cs2)cc1OC. The Bertz CT molecular complexity index is 1080. The maximum absolute atomic E-state index is 5.59. The molecule has 0 N–H and O–H groups in total. The molecular formula is C20H19N5O2S2. The second-order valence-corrected chi connectivity index (χ2v) is 7.74. The van der Waals surface area contributed by atoms with E-state index >= 15 is 0 Å². The molecule has 2 aromatic heterocycles. The smallest absolute Gasteiger partial charge is 0.214 e. The summed E-state index contributed by atoms with van der Waals surface area (Å²) in [6.45, 7) is 2.54. The molecule has 0 aliphatic rings. The number of para-hydroxylation sites is 1. The highest BCUT2D eigenvalue weighted by molar-refractivity contribution is 7.98. The summed E-state index contributed by atoms with van der Waals surface area (Å²) in [5, 5.41) is 15.7. The zero-order chi connectivity index (χ0) is 20.1. The quantitative estimate of drug-likeness (QED) is 0.385. The highest BCUT2D eigenvalue weighted by Gasteiger charge is 2.13. The predicted octanol–water partition coefficient (Wildman–Crippen LogP) is 4.49. The van der Waals surface area contributed by atoms with Crippen LogP contribution in [0, 0.1) is 0 Å². The van der Waals surface area contributed by atoms with Gasteiger partial charge < -0.3 is 9.47 Å². The van der Waals surface area contributed by atoms with Crippen molar-refractivity contribution in [3.8, 4) is 27.8 Å². The standard InChI is InChI=1S/C20H19N5O2S2/c1-3-27-17-10-9-14(11-18(17)26-2)19-21-15(12-28-19)13-29-20-22-23-24-25(20)16-7-5-4-6-8-16/h4-12H,3,13H2,1-2H3. The minimum atomic E-state index is 0.594. The van der Waals surface area contributed by atoms with Crippen LogP contribution in [0.3, 0.4) is 0 Å². The number of aromatic nitrogens is 5. The molecule has 9 heteroatoms. The molecule has 0 aliphatic heterocycles. The van der Waals surface area contributed by atoms with Gasteiger partial charge in [0.15, 0.2) is 11.5 Å². The minimum absolute atomic E-state index is 0.594. The van der Waals surface area contributed by atoms with E-state index in [0.717, 1.165) is 32.9 Å². The number of methoxy groups -OCH3 is 1. The number of nitrogens with zero attached hydrogens (tertiary/aromatic N) is 5. The highest BCUT2D eigenvalue weighted by Crippen LogP contribution is 2.34. The molecule has 0 radical (unpaired) electrons. The lowest BCUT2D eigenvalue weighted by Gasteiger charge is -2.09. The predicted molar refractivity (Wildman–Crippen MR) is 114 cm³/mol.